The minimum atomic E-state index is -0.661. The molecule has 1 unspecified atom stereocenters. The predicted molar refractivity (Wildman–Crippen MR) is 120 cm³/mol. The van der Waals surface area contributed by atoms with Gasteiger partial charge in [-0.1, -0.05) is 42.5 Å². The second-order valence-electron chi connectivity index (χ2n) is 8.11. The van der Waals surface area contributed by atoms with Crippen molar-refractivity contribution in [1.29, 1.82) is 0 Å². The molecule has 0 bridgehead atoms. The molecule has 5 rings (SSSR count). The molecule has 2 aliphatic heterocycles. The van der Waals surface area contributed by atoms with Gasteiger partial charge in [0, 0.05) is 19.3 Å². The zero-order valence-corrected chi connectivity index (χ0v) is 18.2. The molecular formula is C25H22FN3O5. The molecule has 0 saturated carbocycles. The van der Waals surface area contributed by atoms with Gasteiger partial charge in [0.25, 0.3) is 11.8 Å². The van der Waals surface area contributed by atoms with E-state index in [0.29, 0.717) is 18.7 Å². The van der Waals surface area contributed by atoms with Crippen LogP contribution in [0.4, 0.5) is 4.39 Å². The van der Waals surface area contributed by atoms with E-state index < -0.39 is 17.6 Å². The van der Waals surface area contributed by atoms with Crippen molar-refractivity contribution in [3.05, 3.63) is 99.2 Å². The quantitative estimate of drug-likeness (QED) is 0.606. The van der Waals surface area contributed by atoms with E-state index in [4.69, 9.17) is 9.47 Å². The van der Waals surface area contributed by atoms with Crippen molar-refractivity contribution in [2.24, 2.45) is 0 Å². The Kier molecular flexibility index (Phi) is 5.85. The minimum Gasteiger partial charge on any atom is -0.483 e. The molecular weight excluding hydrogens is 441 g/mol. The number of ether oxygens (including phenoxy) is 2. The number of nitrogens with one attached hydrogen (secondary N) is 1. The van der Waals surface area contributed by atoms with Gasteiger partial charge in [0.15, 0.2) is 17.7 Å². The molecule has 0 radical (unpaired) electrons. The van der Waals surface area contributed by atoms with E-state index in [1.54, 1.807) is 21.6 Å². The zero-order chi connectivity index (χ0) is 23.7. The number of pyridine rings is 1. The first-order valence-electron chi connectivity index (χ1n) is 10.9. The average Bonchev–Trinajstić information content (AvgIpc) is 3.32. The van der Waals surface area contributed by atoms with Crippen molar-refractivity contribution >= 4 is 11.8 Å². The average molecular weight is 463 g/mol. The number of carbonyl (C=O) groups is 2. The molecule has 8 nitrogen and oxygen atoms in total. The van der Waals surface area contributed by atoms with E-state index in [1.807, 2.05) is 30.3 Å². The van der Waals surface area contributed by atoms with Crippen molar-refractivity contribution in [1.82, 2.24) is 14.8 Å². The number of fused-ring (bicyclic) bond motifs is 2. The Bertz CT molecular complexity index is 1290. The van der Waals surface area contributed by atoms with E-state index in [1.165, 1.54) is 18.3 Å². The molecule has 3 aromatic rings. The van der Waals surface area contributed by atoms with Gasteiger partial charge in [-0.2, -0.15) is 0 Å². The molecule has 2 aromatic carbocycles. The SMILES string of the molecule is O=C(NCc1ccc(F)cc1)c1cn2c(c(OCc3ccccc3)c1=O)C(=O)N1CCOC1C2. The third kappa shape index (κ3) is 4.17. The summed E-state index contributed by atoms with van der Waals surface area (Å²) in [5.41, 5.74) is 0.799. The van der Waals surface area contributed by atoms with Crippen LogP contribution in [0, 0.1) is 5.82 Å². The highest BCUT2D eigenvalue weighted by molar-refractivity contribution is 5.99. The maximum Gasteiger partial charge on any atom is 0.276 e. The summed E-state index contributed by atoms with van der Waals surface area (Å²) in [5, 5.41) is 2.68. The number of rotatable bonds is 6. The molecule has 34 heavy (non-hydrogen) atoms. The Labute approximate surface area is 194 Å². The molecule has 3 heterocycles. The number of benzene rings is 2. The van der Waals surface area contributed by atoms with Crippen LogP contribution in [0.5, 0.6) is 5.75 Å². The number of nitrogens with zero attached hydrogens (tertiary/aromatic N) is 2. The van der Waals surface area contributed by atoms with Crippen LogP contribution in [-0.4, -0.2) is 40.7 Å². The number of hydrogen-bond acceptors (Lipinski definition) is 5. The molecule has 2 aliphatic rings. The predicted octanol–water partition coefficient (Wildman–Crippen LogP) is 2.31. The van der Waals surface area contributed by atoms with E-state index in [2.05, 4.69) is 5.32 Å². The van der Waals surface area contributed by atoms with Gasteiger partial charge in [0.2, 0.25) is 5.43 Å². The number of halogens is 1. The Morgan fingerprint density at radius 1 is 1.09 bits per heavy atom. The lowest BCUT2D eigenvalue weighted by atomic mass is 10.1. The molecule has 174 valence electrons. The van der Waals surface area contributed by atoms with Crippen LogP contribution in [-0.2, 0) is 24.4 Å². The molecule has 1 aromatic heterocycles. The van der Waals surface area contributed by atoms with E-state index in [-0.39, 0.29) is 48.4 Å². The maximum atomic E-state index is 13.3. The third-order valence-corrected chi connectivity index (χ3v) is 5.88. The maximum absolute atomic E-state index is 13.3. The van der Waals surface area contributed by atoms with Crippen molar-refractivity contribution < 1.29 is 23.5 Å². The number of amides is 2. The van der Waals surface area contributed by atoms with E-state index in [0.717, 1.165) is 5.56 Å². The fourth-order valence-electron chi connectivity index (χ4n) is 4.12. The molecule has 1 N–H and O–H groups in total. The largest absolute Gasteiger partial charge is 0.483 e. The van der Waals surface area contributed by atoms with Crippen LogP contribution < -0.4 is 15.5 Å². The summed E-state index contributed by atoms with van der Waals surface area (Å²) in [4.78, 5) is 41.0. The highest BCUT2D eigenvalue weighted by Crippen LogP contribution is 2.27. The summed E-state index contributed by atoms with van der Waals surface area (Å²) in [6.45, 7) is 1.29. The summed E-state index contributed by atoms with van der Waals surface area (Å²) < 4.78 is 26.2. The van der Waals surface area contributed by atoms with Crippen LogP contribution in [0.2, 0.25) is 0 Å². The van der Waals surface area contributed by atoms with E-state index in [9.17, 15) is 18.8 Å². The zero-order valence-electron chi connectivity index (χ0n) is 18.2. The fraction of sp³-hybridized carbons (Fsp3) is 0.240. The van der Waals surface area contributed by atoms with Crippen molar-refractivity contribution in [2.75, 3.05) is 13.2 Å². The Morgan fingerprint density at radius 3 is 2.62 bits per heavy atom. The molecule has 2 amide bonds. The summed E-state index contributed by atoms with van der Waals surface area (Å²) in [6, 6.07) is 14.9. The molecule has 0 spiro atoms. The first kappa shape index (κ1) is 21.8. The monoisotopic (exact) mass is 463 g/mol. The van der Waals surface area contributed by atoms with Crippen LogP contribution in [0.15, 0.2) is 65.6 Å². The first-order chi connectivity index (χ1) is 16.5. The van der Waals surface area contributed by atoms with Gasteiger partial charge in [-0.3, -0.25) is 14.4 Å². The Hall–Kier alpha value is -3.98. The van der Waals surface area contributed by atoms with Crippen molar-refractivity contribution in [2.45, 2.75) is 25.9 Å². The van der Waals surface area contributed by atoms with Gasteiger partial charge in [0.05, 0.1) is 13.2 Å². The summed E-state index contributed by atoms with van der Waals surface area (Å²) in [6.07, 6.45) is 0.920. The fourth-order valence-corrected chi connectivity index (χ4v) is 4.12. The summed E-state index contributed by atoms with van der Waals surface area (Å²) in [5.74, 6) is -1.52. The second-order valence-corrected chi connectivity index (χ2v) is 8.11. The molecule has 1 fully saturated rings. The highest BCUT2D eigenvalue weighted by Gasteiger charge is 2.40. The van der Waals surface area contributed by atoms with Crippen molar-refractivity contribution in [3.8, 4) is 5.75 Å². The molecule has 1 saturated heterocycles. The number of aromatic nitrogens is 1. The molecule has 9 heteroatoms. The Balaban J connectivity index is 1.48. The van der Waals surface area contributed by atoms with Crippen LogP contribution in [0.1, 0.15) is 32.0 Å². The van der Waals surface area contributed by atoms with E-state index >= 15 is 0 Å². The lowest BCUT2D eigenvalue weighted by molar-refractivity contribution is 0.00824. The molecule has 0 aliphatic carbocycles. The lowest BCUT2D eigenvalue weighted by Gasteiger charge is -2.32. The van der Waals surface area contributed by atoms with Gasteiger partial charge in [-0.25, -0.2) is 4.39 Å². The van der Waals surface area contributed by atoms with Crippen LogP contribution >= 0.6 is 0 Å². The topological polar surface area (TPSA) is 89.9 Å². The van der Waals surface area contributed by atoms with Gasteiger partial charge < -0.3 is 24.3 Å². The normalized spacial score (nSPS) is 16.7. The highest BCUT2D eigenvalue weighted by atomic mass is 19.1. The van der Waals surface area contributed by atoms with Gasteiger partial charge in [-0.05, 0) is 23.3 Å². The lowest BCUT2D eigenvalue weighted by Crippen LogP contribution is -2.46. The number of carbonyl (C=O) groups excluding carboxylic acids is 2. The minimum absolute atomic E-state index is 0.0664. The van der Waals surface area contributed by atoms with Gasteiger partial charge in [0.1, 0.15) is 18.0 Å². The number of hydrogen-bond donors (Lipinski definition) is 1. The molecule has 1 atom stereocenters. The van der Waals surface area contributed by atoms with Gasteiger partial charge in [-0.15, -0.1) is 0 Å². The summed E-state index contributed by atoms with van der Waals surface area (Å²) in [7, 11) is 0. The third-order valence-electron chi connectivity index (χ3n) is 5.88. The van der Waals surface area contributed by atoms with Crippen LogP contribution in [0.3, 0.4) is 0 Å². The van der Waals surface area contributed by atoms with Gasteiger partial charge >= 0.3 is 0 Å². The summed E-state index contributed by atoms with van der Waals surface area (Å²) >= 11 is 0. The Morgan fingerprint density at radius 2 is 1.85 bits per heavy atom. The first-order valence-corrected chi connectivity index (χ1v) is 10.9. The standard InChI is InChI=1S/C25H22FN3O5/c26-18-8-6-16(7-9-18)12-27-24(31)19-13-28-14-20-29(10-11-33-20)25(32)21(28)23(22(19)30)34-15-17-4-2-1-3-5-17/h1-9,13,20H,10-12,14-15H2,(H,27,31). The smallest absolute Gasteiger partial charge is 0.276 e. The van der Waals surface area contributed by atoms with Crippen molar-refractivity contribution in [3.63, 3.8) is 0 Å². The second kappa shape index (κ2) is 9.11. The van der Waals surface area contributed by atoms with Crippen LogP contribution in [0.25, 0.3) is 0 Å².